The lowest BCUT2D eigenvalue weighted by molar-refractivity contribution is -0.117. The Balaban J connectivity index is 1.66. The summed E-state index contributed by atoms with van der Waals surface area (Å²) >= 11 is 0. The first kappa shape index (κ1) is 21.4. The molecular weight excluding hydrogens is 411 g/mol. The minimum absolute atomic E-state index is 0.129. The molecule has 1 aliphatic rings. The van der Waals surface area contributed by atoms with Crippen LogP contribution in [0, 0.1) is 11.7 Å². The number of carbonyl (C=O) groups is 1. The number of aromatic amines is 1. The predicted molar refractivity (Wildman–Crippen MR) is 122 cm³/mol. The maximum absolute atomic E-state index is 15.2. The summed E-state index contributed by atoms with van der Waals surface area (Å²) in [6, 6.07) is 10.1. The van der Waals surface area contributed by atoms with Crippen molar-refractivity contribution in [3.63, 3.8) is 0 Å². The zero-order chi connectivity index (χ0) is 22.7. The Hall–Kier alpha value is -3.88. The average molecular weight is 434 g/mol. The van der Waals surface area contributed by atoms with Gasteiger partial charge in [0.25, 0.3) is 0 Å². The summed E-state index contributed by atoms with van der Waals surface area (Å²) in [4.78, 5) is 33.3. The number of nitrogens with one attached hydrogen (secondary N) is 1. The highest BCUT2D eigenvalue weighted by molar-refractivity contribution is 5.78. The molecule has 1 saturated heterocycles. The largest absolute Gasteiger partial charge is 0.348 e. The van der Waals surface area contributed by atoms with Crippen LogP contribution in [0.1, 0.15) is 19.2 Å². The van der Waals surface area contributed by atoms with Crippen LogP contribution in [-0.4, -0.2) is 52.1 Å². The van der Waals surface area contributed by atoms with Crippen molar-refractivity contribution in [2.45, 2.75) is 19.8 Å². The van der Waals surface area contributed by atoms with Gasteiger partial charge in [0.1, 0.15) is 11.6 Å². The second-order valence-corrected chi connectivity index (χ2v) is 7.65. The van der Waals surface area contributed by atoms with Crippen molar-refractivity contribution in [1.82, 2.24) is 19.7 Å². The van der Waals surface area contributed by atoms with Gasteiger partial charge >= 0.3 is 5.69 Å². The Kier molecular flexibility index (Phi) is 6.07. The SMILES string of the molecule is C=Nc1ccc(-c2ccc(-n3c(CC4CCN(C=O)C4)n[nH]c3=O)c(F)c2)cc1N=CC. The Morgan fingerprint density at radius 1 is 1.25 bits per heavy atom. The molecule has 1 atom stereocenters. The van der Waals surface area contributed by atoms with Crippen LogP contribution in [0.3, 0.4) is 0 Å². The molecule has 4 rings (SSSR count). The first-order valence-corrected chi connectivity index (χ1v) is 10.3. The lowest BCUT2D eigenvalue weighted by Crippen LogP contribution is -2.21. The van der Waals surface area contributed by atoms with Crippen molar-refractivity contribution in [3.05, 3.63) is 58.5 Å². The number of amides is 1. The monoisotopic (exact) mass is 434 g/mol. The van der Waals surface area contributed by atoms with E-state index in [1.807, 2.05) is 12.1 Å². The molecule has 0 aliphatic carbocycles. The minimum Gasteiger partial charge on any atom is -0.345 e. The van der Waals surface area contributed by atoms with Gasteiger partial charge in [-0.2, -0.15) is 5.10 Å². The van der Waals surface area contributed by atoms with Crippen molar-refractivity contribution in [3.8, 4) is 16.8 Å². The fourth-order valence-corrected chi connectivity index (χ4v) is 4.05. The molecule has 2 aromatic carbocycles. The van der Waals surface area contributed by atoms with E-state index < -0.39 is 11.5 Å². The third kappa shape index (κ3) is 4.14. The van der Waals surface area contributed by atoms with Crippen LogP contribution in [-0.2, 0) is 11.2 Å². The van der Waals surface area contributed by atoms with Gasteiger partial charge in [0.15, 0.2) is 0 Å². The van der Waals surface area contributed by atoms with Gasteiger partial charge in [0.2, 0.25) is 6.41 Å². The van der Waals surface area contributed by atoms with E-state index in [1.165, 1.54) is 10.6 Å². The van der Waals surface area contributed by atoms with Crippen LogP contribution in [0.2, 0.25) is 0 Å². The maximum atomic E-state index is 15.2. The Morgan fingerprint density at radius 2 is 2.03 bits per heavy atom. The number of carbonyl (C=O) groups excluding carboxylic acids is 1. The summed E-state index contributed by atoms with van der Waals surface area (Å²) < 4.78 is 16.4. The second kappa shape index (κ2) is 9.09. The number of aromatic nitrogens is 3. The van der Waals surface area contributed by atoms with Crippen LogP contribution in [0.5, 0.6) is 0 Å². The number of nitrogens with zero attached hydrogens (tertiary/aromatic N) is 5. The molecular formula is C23H23FN6O2. The van der Waals surface area contributed by atoms with Gasteiger partial charge in [0, 0.05) is 25.7 Å². The van der Waals surface area contributed by atoms with Gasteiger partial charge in [-0.15, -0.1) is 0 Å². The van der Waals surface area contributed by atoms with Crippen molar-refractivity contribution in [1.29, 1.82) is 0 Å². The molecule has 3 aromatic rings. The van der Waals surface area contributed by atoms with E-state index in [0.29, 0.717) is 42.3 Å². The highest BCUT2D eigenvalue weighted by atomic mass is 19.1. The van der Waals surface area contributed by atoms with Crippen LogP contribution < -0.4 is 5.69 Å². The molecule has 0 bridgehead atoms. The van der Waals surface area contributed by atoms with Crippen LogP contribution in [0.15, 0.2) is 51.2 Å². The first-order chi connectivity index (χ1) is 15.5. The molecule has 0 spiro atoms. The van der Waals surface area contributed by atoms with Gasteiger partial charge in [0.05, 0.1) is 17.1 Å². The second-order valence-electron chi connectivity index (χ2n) is 7.65. The van der Waals surface area contributed by atoms with Gasteiger partial charge in [-0.1, -0.05) is 12.1 Å². The predicted octanol–water partition coefficient (Wildman–Crippen LogP) is 3.44. The van der Waals surface area contributed by atoms with E-state index in [1.54, 1.807) is 36.2 Å². The summed E-state index contributed by atoms with van der Waals surface area (Å²) in [5.74, 6) is 0.0750. The fourth-order valence-electron chi connectivity index (χ4n) is 4.05. The highest BCUT2D eigenvalue weighted by Crippen LogP contribution is 2.33. The number of hydrogen-bond donors (Lipinski definition) is 1. The Morgan fingerprint density at radius 3 is 2.72 bits per heavy atom. The van der Waals surface area contributed by atoms with Gasteiger partial charge in [-0.05, 0) is 61.4 Å². The lowest BCUT2D eigenvalue weighted by Gasteiger charge is -2.12. The van der Waals surface area contributed by atoms with E-state index in [0.717, 1.165) is 18.4 Å². The molecule has 9 heteroatoms. The summed E-state index contributed by atoms with van der Waals surface area (Å²) in [6.07, 6.45) is 3.77. The van der Waals surface area contributed by atoms with Crippen molar-refractivity contribution >= 4 is 30.7 Å². The molecule has 2 heterocycles. The number of benzene rings is 2. The molecule has 1 aromatic heterocycles. The van der Waals surface area contributed by atoms with Gasteiger partial charge in [-0.3, -0.25) is 14.8 Å². The van der Waals surface area contributed by atoms with Crippen molar-refractivity contribution in [2.75, 3.05) is 13.1 Å². The zero-order valence-electron chi connectivity index (χ0n) is 17.7. The molecule has 32 heavy (non-hydrogen) atoms. The summed E-state index contributed by atoms with van der Waals surface area (Å²) in [6.45, 7) is 6.63. The normalized spacial score (nSPS) is 16.1. The average Bonchev–Trinajstić information content (AvgIpc) is 3.40. The number of rotatable bonds is 7. The third-order valence-electron chi connectivity index (χ3n) is 5.62. The summed E-state index contributed by atoms with van der Waals surface area (Å²) in [5.41, 5.74) is 2.31. The van der Waals surface area contributed by atoms with E-state index in [9.17, 15) is 9.59 Å². The zero-order valence-corrected chi connectivity index (χ0v) is 17.7. The summed E-state index contributed by atoms with van der Waals surface area (Å²) in [5, 5.41) is 6.52. The molecule has 164 valence electrons. The van der Waals surface area contributed by atoms with E-state index in [4.69, 9.17) is 0 Å². The quantitative estimate of drug-likeness (QED) is 0.456. The van der Waals surface area contributed by atoms with E-state index in [-0.39, 0.29) is 11.6 Å². The van der Waals surface area contributed by atoms with Crippen LogP contribution in [0.4, 0.5) is 15.8 Å². The molecule has 1 amide bonds. The standard InChI is InChI=1S/C23H23FN6O2/c1-3-26-20-12-17(4-6-19(20)25-2)16-5-7-21(18(24)11-16)30-22(27-28-23(30)32)10-15-8-9-29(13-15)14-31/h3-7,11-12,14-15H,2,8-10,13H2,1H3,(H,28,32). The first-order valence-electron chi connectivity index (χ1n) is 10.3. The van der Waals surface area contributed by atoms with E-state index in [2.05, 4.69) is 26.9 Å². The number of aliphatic imine (C=N–C) groups is 2. The molecule has 0 saturated carbocycles. The topological polar surface area (TPSA) is 95.7 Å². The Labute approximate surface area is 184 Å². The van der Waals surface area contributed by atoms with Crippen LogP contribution >= 0.6 is 0 Å². The van der Waals surface area contributed by atoms with Crippen molar-refractivity contribution < 1.29 is 9.18 Å². The number of likely N-dealkylation sites (tertiary alicyclic amines) is 1. The number of halogens is 1. The minimum atomic E-state index is -0.542. The lowest BCUT2D eigenvalue weighted by atomic mass is 10.0. The molecule has 1 fully saturated rings. The molecule has 1 N–H and O–H groups in total. The third-order valence-corrected chi connectivity index (χ3v) is 5.62. The number of hydrogen-bond acceptors (Lipinski definition) is 5. The highest BCUT2D eigenvalue weighted by Gasteiger charge is 2.25. The van der Waals surface area contributed by atoms with E-state index >= 15 is 4.39 Å². The molecule has 0 radical (unpaired) electrons. The number of H-pyrrole nitrogens is 1. The molecule has 1 unspecified atom stereocenters. The van der Waals surface area contributed by atoms with Crippen molar-refractivity contribution in [2.24, 2.45) is 15.9 Å². The molecule has 1 aliphatic heterocycles. The van der Waals surface area contributed by atoms with Gasteiger partial charge < -0.3 is 4.90 Å². The maximum Gasteiger partial charge on any atom is 0.348 e. The fraction of sp³-hybridized carbons (Fsp3) is 0.261. The van der Waals surface area contributed by atoms with Gasteiger partial charge in [-0.25, -0.2) is 18.9 Å². The smallest absolute Gasteiger partial charge is 0.345 e. The molecule has 8 nitrogen and oxygen atoms in total. The summed E-state index contributed by atoms with van der Waals surface area (Å²) in [7, 11) is 0. The Bertz CT molecular complexity index is 1250. The van der Waals surface area contributed by atoms with Crippen LogP contribution in [0.25, 0.3) is 16.8 Å².